The number of nitrogens with two attached hydrogens (primary N) is 1. The number of ether oxygens (including phenoxy) is 1. The average molecular weight is 330 g/mol. The lowest BCUT2D eigenvalue weighted by molar-refractivity contribution is -0.126. The zero-order valence-electron chi connectivity index (χ0n) is 10.7. The molecule has 0 radical (unpaired) electrons. The summed E-state index contributed by atoms with van der Waals surface area (Å²) in [6, 6.07) is 4.68. The fourth-order valence-corrected chi connectivity index (χ4v) is 1.72. The van der Waals surface area contributed by atoms with E-state index in [-0.39, 0.29) is 0 Å². The molecule has 7 heteroatoms. The standard InChI is InChI=1S/C12H16BrN3O3/c1-7(11(17)16-12(18)15-2)19-9-3-4-10(13)8(5-9)6-14/h3-5,7H,6,14H2,1-2H3,(H2,15,16,17,18). The molecule has 3 amide bonds. The van der Waals surface area contributed by atoms with Gasteiger partial charge in [-0.15, -0.1) is 0 Å². The number of benzene rings is 1. The molecule has 0 saturated carbocycles. The van der Waals surface area contributed by atoms with Crippen molar-refractivity contribution >= 4 is 27.9 Å². The van der Waals surface area contributed by atoms with E-state index in [0.717, 1.165) is 10.0 Å². The third-order valence-corrected chi connectivity index (χ3v) is 3.16. The van der Waals surface area contributed by atoms with Crippen LogP contribution < -0.4 is 21.1 Å². The highest BCUT2D eigenvalue weighted by molar-refractivity contribution is 9.10. The van der Waals surface area contributed by atoms with Crippen LogP contribution in [0.3, 0.4) is 0 Å². The molecule has 0 bridgehead atoms. The van der Waals surface area contributed by atoms with Crippen LogP contribution >= 0.6 is 15.9 Å². The maximum atomic E-state index is 11.6. The lowest BCUT2D eigenvalue weighted by atomic mass is 10.2. The van der Waals surface area contributed by atoms with Gasteiger partial charge in [0, 0.05) is 18.1 Å². The van der Waals surface area contributed by atoms with Gasteiger partial charge < -0.3 is 15.8 Å². The summed E-state index contributed by atoms with van der Waals surface area (Å²) in [5, 5.41) is 4.43. The number of halogens is 1. The lowest BCUT2D eigenvalue weighted by Crippen LogP contribution is -2.43. The number of nitrogens with one attached hydrogen (secondary N) is 2. The number of imide groups is 1. The van der Waals surface area contributed by atoms with Gasteiger partial charge in [0.25, 0.3) is 5.91 Å². The summed E-state index contributed by atoms with van der Waals surface area (Å²) in [6.07, 6.45) is -0.788. The Morgan fingerprint density at radius 1 is 1.47 bits per heavy atom. The van der Waals surface area contributed by atoms with E-state index in [9.17, 15) is 9.59 Å². The molecule has 0 spiro atoms. The molecule has 0 heterocycles. The van der Waals surface area contributed by atoms with Crippen molar-refractivity contribution in [3.05, 3.63) is 28.2 Å². The third kappa shape index (κ3) is 4.53. The summed E-state index contributed by atoms with van der Waals surface area (Å²) in [6.45, 7) is 1.92. The van der Waals surface area contributed by atoms with Crippen LogP contribution in [0.15, 0.2) is 22.7 Å². The highest BCUT2D eigenvalue weighted by Crippen LogP contribution is 2.22. The molecular weight excluding hydrogens is 314 g/mol. The molecular formula is C12H16BrN3O3. The zero-order valence-corrected chi connectivity index (χ0v) is 12.3. The molecule has 4 N–H and O–H groups in total. The predicted octanol–water partition coefficient (Wildman–Crippen LogP) is 1.13. The molecule has 1 unspecified atom stereocenters. The monoisotopic (exact) mass is 329 g/mol. The summed E-state index contributed by atoms with van der Waals surface area (Å²) < 4.78 is 6.33. The van der Waals surface area contributed by atoms with Gasteiger partial charge in [-0.05, 0) is 30.7 Å². The number of urea groups is 1. The number of amides is 3. The van der Waals surface area contributed by atoms with Gasteiger partial charge in [0.05, 0.1) is 0 Å². The number of carbonyl (C=O) groups is 2. The van der Waals surface area contributed by atoms with E-state index < -0.39 is 18.0 Å². The third-order valence-electron chi connectivity index (χ3n) is 2.38. The Balaban J connectivity index is 2.68. The number of hydrogen-bond donors (Lipinski definition) is 3. The van der Waals surface area contributed by atoms with E-state index in [4.69, 9.17) is 10.5 Å². The molecule has 0 aliphatic rings. The lowest BCUT2D eigenvalue weighted by Gasteiger charge is -2.15. The summed E-state index contributed by atoms with van der Waals surface area (Å²) >= 11 is 3.36. The number of hydrogen-bond acceptors (Lipinski definition) is 4. The first-order valence-electron chi connectivity index (χ1n) is 5.65. The van der Waals surface area contributed by atoms with Crippen molar-refractivity contribution in [3.63, 3.8) is 0 Å². The summed E-state index contributed by atoms with van der Waals surface area (Å²) in [5.74, 6) is -0.000209. The van der Waals surface area contributed by atoms with Crippen LogP contribution in [0.4, 0.5) is 4.79 Å². The first-order chi connectivity index (χ1) is 8.97. The van der Waals surface area contributed by atoms with Crippen molar-refractivity contribution in [2.75, 3.05) is 7.05 Å². The second-order valence-corrected chi connectivity index (χ2v) is 4.64. The SMILES string of the molecule is CNC(=O)NC(=O)C(C)Oc1ccc(Br)c(CN)c1. The molecule has 0 aromatic heterocycles. The van der Waals surface area contributed by atoms with Crippen molar-refractivity contribution in [1.29, 1.82) is 0 Å². The Kier molecular flexibility index (Phi) is 5.78. The molecule has 0 saturated heterocycles. The first-order valence-corrected chi connectivity index (χ1v) is 6.45. The smallest absolute Gasteiger partial charge is 0.321 e. The molecule has 19 heavy (non-hydrogen) atoms. The Hall–Kier alpha value is -1.60. The van der Waals surface area contributed by atoms with Gasteiger partial charge in [-0.25, -0.2) is 4.79 Å². The molecule has 6 nitrogen and oxygen atoms in total. The van der Waals surface area contributed by atoms with Gasteiger partial charge >= 0.3 is 6.03 Å². The quantitative estimate of drug-likeness (QED) is 0.771. The Bertz CT molecular complexity index is 479. The molecule has 104 valence electrons. The van der Waals surface area contributed by atoms with Crippen molar-refractivity contribution in [2.45, 2.75) is 19.6 Å². The zero-order chi connectivity index (χ0) is 14.4. The minimum atomic E-state index is -0.788. The molecule has 0 aliphatic carbocycles. The molecule has 1 aromatic carbocycles. The van der Waals surface area contributed by atoms with Gasteiger partial charge in [0.1, 0.15) is 5.75 Å². The first kappa shape index (κ1) is 15.5. The molecule has 1 atom stereocenters. The Labute approximate surface area is 119 Å². The van der Waals surface area contributed by atoms with E-state index in [2.05, 4.69) is 26.6 Å². The summed E-state index contributed by atoms with van der Waals surface area (Å²) in [4.78, 5) is 22.6. The molecule has 1 aromatic rings. The van der Waals surface area contributed by atoms with Crippen molar-refractivity contribution < 1.29 is 14.3 Å². The predicted molar refractivity (Wildman–Crippen MR) is 74.7 cm³/mol. The maximum Gasteiger partial charge on any atom is 0.321 e. The van der Waals surface area contributed by atoms with E-state index in [1.165, 1.54) is 7.05 Å². The van der Waals surface area contributed by atoms with Gasteiger partial charge in [0.2, 0.25) is 0 Å². The van der Waals surface area contributed by atoms with E-state index in [1.54, 1.807) is 25.1 Å². The Morgan fingerprint density at radius 3 is 2.74 bits per heavy atom. The summed E-state index contributed by atoms with van der Waals surface area (Å²) in [7, 11) is 1.43. The van der Waals surface area contributed by atoms with Crippen molar-refractivity contribution in [1.82, 2.24) is 10.6 Å². The topological polar surface area (TPSA) is 93.5 Å². The van der Waals surface area contributed by atoms with Gasteiger partial charge in [-0.3, -0.25) is 10.1 Å². The molecule has 0 fully saturated rings. The highest BCUT2D eigenvalue weighted by Gasteiger charge is 2.17. The van der Waals surface area contributed by atoms with Crippen LogP contribution in [0.2, 0.25) is 0 Å². The minimum absolute atomic E-state index is 0.358. The molecule has 0 aliphatic heterocycles. The minimum Gasteiger partial charge on any atom is -0.481 e. The van der Waals surface area contributed by atoms with Crippen molar-refractivity contribution in [2.24, 2.45) is 5.73 Å². The average Bonchev–Trinajstić information content (AvgIpc) is 2.40. The normalized spacial score (nSPS) is 11.6. The van der Waals surface area contributed by atoms with Gasteiger partial charge in [0.15, 0.2) is 6.10 Å². The Morgan fingerprint density at radius 2 is 2.16 bits per heavy atom. The van der Waals surface area contributed by atoms with Crippen molar-refractivity contribution in [3.8, 4) is 5.75 Å². The van der Waals surface area contributed by atoms with E-state index in [0.29, 0.717) is 12.3 Å². The van der Waals surface area contributed by atoms with Crippen LogP contribution in [-0.4, -0.2) is 25.1 Å². The van der Waals surface area contributed by atoms with Crippen LogP contribution in [0, 0.1) is 0 Å². The van der Waals surface area contributed by atoms with E-state index >= 15 is 0 Å². The maximum absolute atomic E-state index is 11.6. The molecule has 1 rings (SSSR count). The van der Waals surface area contributed by atoms with Crippen LogP contribution in [0.1, 0.15) is 12.5 Å². The largest absolute Gasteiger partial charge is 0.481 e. The van der Waals surface area contributed by atoms with Gasteiger partial charge in [-0.1, -0.05) is 15.9 Å². The second kappa shape index (κ2) is 7.10. The number of carbonyl (C=O) groups excluding carboxylic acids is 2. The van der Waals surface area contributed by atoms with E-state index in [1.807, 2.05) is 0 Å². The fourth-order valence-electron chi connectivity index (χ4n) is 1.31. The highest BCUT2D eigenvalue weighted by atomic mass is 79.9. The van der Waals surface area contributed by atoms with Crippen LogP contribution in [0.25, 0.3) is 0 Å². The van der Waals surface area contributed by atoms with Crippen LogP contribution in [0.5, 0.6) is 5.75 Å². The number of rotatable bonds is 4. The van der Waals surface area contributed by atoms with Gasteiger partial charge in [-0.2, -0.15) is 0 Å². The summed E-state index contributed by atoms with van der Waals surface area (Å²) in [5.41, 5.74) is 6.45. The fraction of sp³-hybridized carbons (Fsp3) is 0.333. The second-order valence-electron chi connectivity index (χ2n) is 3.79. The van der Waals surface area contributed by atoms with Crippen LogP contribution in [-0.2, 0) is 11.3 Å².